The first kappa shape index (κ1) is 15.8. The van der Waals surface area contributed by atoms with Crippen LogP contribution in [0.4, 0.5) is 0 Å². The minimum absolute atomic E-state index is 0.129. The minimum atomic E-state index is -0.993. The zero-order chi connectivity index (χ0) is 14.1. The molecule has 1 rings (SSSR count). The highest BCUT2D eigenvalue weighted by molar-refractivity contribution is 6.35. The van der Waals surface area contributed by atoms with Crippen molar-refractivity contribution in [3.63, 3.8) is 0 Å². The van der Waals surface area contributed by atoms with Crippen molar-refractivity contribution >= 4 is 17.7 Å². The van der Waals surface area contributed by atoms with E-state index in [9.17, 15) is 14.4 Å². The Bertz CT molecular complexity index is 321. The molecule has 19 heavy (non-hydrogen) atoms. The molecule has 1 fully saturated rings. The standard InChI is InChI=1S/C14H23NO4/c1-2-15-10-6-9-12(16)14(18)19-13(17)11-7-4-3-5-8-11/h11,15H,2-10H2,1H3. The highest BCUT2D eigenvalue weighted by atomic mass is 16.6. The van der Waals surface area contributed by atoms with Gasteiger partial charge in [0, 0.05) is 6.42 Å². The lowest BCUT2D eigenvalue weighted by Crippen LogP contribution is -2.27. The molecular formula is C14H23NO4. The van der Waals surface area contributed by atoms with Crippen LogP contribution in [-0.2, 0) is 19.1 Å². The Kier molecular flexibility index (Phi) is 7.33. The van der Waals surface area contributed by atoms with E-state index < -0.39 is 17.7 Å². The van der Waals surface area contributed by atoms with Crippen LogP contribution >= 0.6 is 0 Å². The number of nitrogens with one attached hydrogen (secondary N) is 1. The first-order chi connectivity index (χ1) is 9.15. The molecule has 0 aliphatic heterocycles. The monoisotopic (exact) mass is 269 g/mol. The quantitative estimate of drug-likeness (QED) is 0.329. The third-order valence-electron chi connectivity index (χ3n) is 3.37. The first-order valence-electron chi connectivity index (χ1n) is 7.14. The Morgan fingerprint density at radius 3 is 2.47 bits per heavy atom. The smallest absolute Gasteiger partial charge is 0.382 e. The zero-order valence-electron chi connectivity index (χ0n) is 11.6. The Labute approximate surface area is 114 Å². The van der Waals surface area contributed by atoms with Crippen molar-refractivity contribution in [2.45, 2.75) is 51.9 Å². The Morgan fingerprint density at radius 2 is 1.84 bits per heavy atom. The molecule has 0 unspecified atom stereocenters. The summed E-state index contributed by atoms with van der Waals surface area (Å²) < 4.78 is 4.66. The second-order valence-corrected chi connectivity index (χ2v) is 4.92. The predicted octanol–water partition coefficient (Wildman–Crippen LogP) is 1.60. The summed E-state index contributed by atoms with van der Waals surface area (Å²) in [5.74, 6) is -2.33. The van der Waals surface area contributed by atoms with Gasteiger partial charge in [-0.15, -0.1) is 0 Å². The first-order valence-corrected chi connectivity index (χ1v) is 7.14. The van der Waals surface area contributed by atoms with Gasteiger partial charge in [-0.3, -0.25) is 9.59 Å². The third-order valence-corrected chi connectivity index (χ3v) is 3.37. The van der Waals surface area contributed by atoms with Crippen molar-refractivity contribution in [2.75, 3.05) is 13.1 Å². The second-order valence-electron chi connectivity index (χ2n) is 4.92. The summed E-state index contributed by atoms with van der Waals surface area (Å²) in [6.07, 6.45) is 5.35. The van der Waals surface area contributed by atoms with E-state index in [0.29, 0.717) is 13.0 Å². The summed E-state index contributed by atoms with van der Waals surface area (Å²) in [4.78, 5) is 34.6. The summed E-state index contributed by atoms with van der Waals surface area (Å²) in [6.45, 7) is 3.49. The lowest BCUT2D eigenvalue weighted by molar-refractivity contribution is -0.167. The molecule has 0 saturated heterocycles. The Hall–Kier alpha value is -1.23. The molecule has 1 N–H and O–H groups in total. The van der Waals surface area contributed by atoms with E-state index in [2.05, 4.69) is 10.1 Å². The van der Waals surface area contributed by atoms with Gasteiger partial charge in [-0.2, -0.15) is 0 Å². The summed E-state index contributed by atoms with van der Waals surface area (Å²) in [7, 11) is 0. The van der Waals surface area contributed by atoms with Crippen LogP contribution in [0.15, 0.2) is 0 Å². The van der Waals surface area contributed by atoms with Crippen LogP contribution in [0.2, 0.25) is 0 Å². The summed E-state index contributed by atoms with van der Waals surface area (Å²) in [6, 6.07) is 0. The van der Waals surface area contributed by atoms with Gasteiger partial charge in [-0.1, -0.05) is 26.2 Å². The summed E-state index contributed by atoms with van der Waals surface area (Å²) >= 11 is 0. The molecule has 0 aromatic rings. The minimum Gasteiger partial charge on any atom is -0.387 e. The fraction of sp³-hybridized carbons (Fsp3) is 0.786. The van der Waals surface area contributed by atoms with Gasteiger partial charge in [-0.05, 0) is 32.4 Å². The molecule has 0 atom stereocenters. The van der Waals surface area contributed by atoms with Crippen LogP contribution in [0.3, 0.4) is 0 Å². The second kappa shape index (κ2) is 8.80. The van der Waals surface area contributed by atoms with Crippen LogP contribution in [0, 0.1) is 5.92 Å². The van der Waals surface area contributed by atoms with Gasteiger partial charge < -0.3 is 10.1 Å². The van der Waals surface area contributed by atoms with Gasteiger partial charge in [0.25, 0.3) is 0 Å². The maximum Gasteiger partial charge on any atom is 0.382 e. The number of rotatable bonds is 7. The fourth-order valence-electron chi connectivity index (χ4n) is 2.22. The molecular weight excluding hydrogens is 246 g/mol. The van der Waals surface area contributed by atoms with E-state index in [1.165, 1.54) is 0 Å². The van der Waals surface area contributed by atoms with Crippen molar-refractivity contribution in [3.05, 3.63) is 0 Å². The van der Waals surface area contributed by atoms with Gasteiger partial charge >= 0.3 is 11.9 Å². The lowest BCUT2D eigenvalue weighted by Gasteiger charge is -2.18. The van der Waals surface area contributed by atoms with Crippen LogP contribution in [-0.4, -0.2) is 30.8 Å². The van der Waals surface area contributed by atoms with E-state index in [1.807, 2.05) is 6.92 Å². The summed E-state index contributed by atoms with van der Waals surface area (Å²) in [5, 5.41) is 3.06. The SMILES string of the molecule is CCNCCCC(=O)C(=O)OC(=O)C1CCCCC1. The average molecular weight is 269 g/mol. The highest BCUT2D eigenvalue weighted by Gasteiger charge is 2.26. The van der Waals surface area contributed by atoms with Gasteiger partial charge in [0.05, 0.1) is 5.92 Å². The molecule has 5 heteroatoms. The topological polar surface area (TPSA) is 72.5 Å². The van der Waals surface area contributed by atoms with E-state index >= 15 is 0 Å². The number of ether oxygens (including phenoxy) is 1. The molecule has 0 spiro atoms. The van der Waals surface area contributed by atoms with Gasteiger partial charge in [0.1, 0.15) is 0 Å². The number of ketones is 1. The Morgan fingerprint density at radius 1 is 1.16 bits per heavy atom. The van der Waals surface area contributed by atoms with Crippen LogP contribution in [0.25, 0.3) is 0 Å². The maximum absolute atomic E-state index is 11.7. The van der Waals surface area contributed by atoms with Crippen molar-refractivity contribution in [2.24, 2.45) is 5.92 Å². The summed E-state index contributed by atoms with van der Waals surface area (Å²) in [5.41, 5.74) is 0. The maximum atomic E-state index is 11.7. The number of esters is 2. The average Bonchev–Trinajstić information content (AvgIpc) is 2.44. The van der Waals surface area contributed by atoms with E-state index in [1.54, 1.807) is 0 Å². The molecule has 108 valence electrons. The van der Waals surface area contributed by atoms with E-state index in [4.69, 9.17) is 0 Å². The molecule has 0 heterocycles. The number of hydrogen-bond acceptors (Lipinski definition) is 5. The van der Waals surface area contributed by atoms with Crippen LogP contribution < -0.4 is 5.32 Å². The van der Waals surface area contributed by atoms with E-state index in [-0.39, 0.29) is 12.3 Å². The molecule has 1 aliphatic carbocycles. The molecule has 0 aromatic carbocycles. The number of Topliss-reactive ketones (excluding diaryl/α,β-unsaturated/α-hetero) is 1. The highest BCUT2D eigenvalue weighted by Crippen LogP contribution is 2.24. The van der Waals surface area contributed by atoms with Gasteiger partial charge in [0.15, 0.2) is 0 Å². The van der Waals surface area contributed by atoms with Crippen LogP contribution in [0.1, 0.15) is 51.9 Å². The molecule has 5 nitrogen and oxygen atoms in total. The number of carbonyl (C=O) groups excluding carboxylic acids is 3. The lowest BCUT2D eigenvalue weighted by atomic mass is 9.89. The van der Waals surface area contributed by atoms with Crippen LogP contribution in [0.5, 0.6) is 0 Å². The fourth-order valence-corrected chi connectivity index (χ4v) is 2.22. The van der Waals surface area contributed by atoms with Crippen molar-refractivity contribution < 1.29 is 19.1 Å². The van der Waals surface area contributed by atoms with Gasteiger partial charge in [-0.25, -0.2) is 4.79 Å². The van der Waals surface area contributed by atoms with Crippen molar-refractivity contribution in [3.8, 4) is 0 Å². The normalized spacial score (nSPS) is 16.1. The number of carbonyl (C=O) groups is 3. The van der Waals surface area contributed by atoms with Crippen molar-refractivity contribution in [1.82, 2.24) is 5.32 Å². The third kappa shape index (κ3) is 5.96. The van der Waals surface area contributed by atoms with Gasteiger partial charge in [0.2, 0.25) is 5.78 Å². The molecule has 0 radical (unpaired) electrons. The predicted molar refractivity (Wildman–Crippen MR) is 70.5 cm³/mol. The molecule has 1 saturated carbocycles. The zero-order valence-corrected chi connectivity index (χ0v) is 11.6. The largest absolute Gasteiger partial charge is 0.387 e. The van der Waals surface area contributed by atoms with Crippen molar-refractivity contribution in [1.29, 1.82) is 0 Å². The Balaban J connectivity index is 2.24. The molecule has 0 aromatic heterocycles. The molecule has 0 amide bonds. The number of hydrogen-bond donors (Lipinski definition) is 1. The van der Waals surface area contributed by atoms with E-state index in [0.717, 1.165) is 38.6 Å². The molecule has 1 aliphatic rings. The molecule has 0 bridgehead atoms.